The van der Waals surface area contributed by atoms with E-state index in [2.05, 4.69) is 15.5 Å². The summed E-state index contributed by atoms with van der Waals surface area (Å²) in [5.41, 5.74) is 6.24. The van der Waals surface area contributed by atoms with Crippen molar-refractivity contribution < 1.29 is 19.6 Å². The highest BCUT2D eigenvalue weighted by atomic mass is 35.5. The van der Waals surface area contributed by atoms with Crippen molar-refractivity contribution in [3.8, 4) is 0 Å². The van der Waals surface area contributed by atoms with Gasteiger partial charge in [-0.3, -0.25) is 5.10 Å². The molecule has 1 aliphatic rings. The van der Waals surface area contributed by atoms with Crippen molar-refractivity contribution in [2.75, 3.05) is 13.1 Å². The highest BCUT2D eigenvalue weighted by molar-refractivity contribution is 6.32. The largest absolute Gasteiger partial charge is 0.545 e. The van der Waals surface area contributed by atoms with Gasteiger partial charge < -0.3 is 15.2 Å². The summed E-state index contributed by atoms with van der Waals surface area (Å²) in [7, 11) is 0. The first kappa shape index (κ1) is 26.3. The van der Waals surface area contributed by atoms with E-state index < -0.39 is 5.97 Å². The lowest BCUT2D eigenvalue weighted by molar-refractivity contribution is -0.635. The van der Waals surface area contributed by atoms with E-state index in [1.165, 1.54) is 44.1 Å². The number of benzene rings is 3. The minimum absolute atomic E-state index is 0.345. The highest BCUT2D eigenvalue weighted by Gasteiger charge is 2.16. The number of carbonyl (C=O) groups excluding carboxylic acids is 1. The number of carboxylic acids is 1. The predicted molar refractivity (Wildman–Crippen MR) is 145 cm³/mol. The average Bonchev–Trinajstić information content (AvgIpc) is 3.62. The number of nitrogens with zero attached hydrogens (tertiary/aromatic N) is 1. The molecule has 1 aromatic heterocycles. The number of H-pyrrole nitrogens is 1. The van der Waals surface area contributed by atoms with Gasteiger partial charge in [0.05, 0.1) is 35.8 Å². The number of rotatable bonds is 6. The summed E-state index contributed by atoms with van der Waals surface area (Å²) in [6, 6.07) is 18.0. The highest BCUT2D eigenvalue weighted by Crippen LogP contribution is 2.38. The molecule has 0 bridgehead atoms. The Hall–Kier alpha value is -3.74. The number of nitrogens with one attached hydrogen (secondary N) is 1. The van der Waals surface area contributed by atoms with Crippen LogP contribution in [0.15, 0.2) is 72.9 Å². The van der Waals surface area contributed by atoms with Crippen molar-refractivity contribution in [3.63, 3.8) is 0 Å². The van der Waals surface area contributed by atoms with Crippen molar-refractivity contribution in [3.05, 3.63) is 106 Å². The summed E-state index contributed by atoms with van der Waals surface area (Å²) >= 11 is 6.44. The molecule has 0 saturated carbocycles. The first-order valence-electron chi connectivity index (χ1n) is 12.4. The minimum Gasteiger partial charge on any atom is -0.545 e. The molecule has 5 nitrogen and oxygen atoms in total. The molecule has 0 unspecified atom stereocenters. The predicted octanol–water partition coefficient (Wildman–Crippen LogP) is 4.83. The summed E-state index contributed by atoms with van der Waals surface area (Å²) in [5.74, 6) is -1.64. The minimum atomic E-state index is -1.25. The molecule has 2 heterocycles. The van der Waals surface area contributed by atoms with Gasteiger partial charge in [0.1, 0.15) is 5.82 Å². The molecule has 3 aromatic carbocycles. The van der Waals surface area contributed by atoms with Crippen LogP contribution >= 0.6 is 11.6 Å². The van der Waals surface area contributed by atoms with Crippen LogP contribution in [0.4, 0.5) is 4.39 Å². The molecule has 0 spiro atoms. The number of hydrogen-bond donors (Lipinski definition) is 2. The standard InChI is InChI=1S/C26H20ClFN2O2.C4H9N/c1-2-21(22-10-9-20(28)14-23(22)27)26(18-8-11-24-19(13-18)15-29-30-24)17-6-3-16(4-7-17)5-12-25(31)32;1-2-4-5-3-1/h3-15H,2H2,1H3,(H,29,30)(H,31,32);5H,1-4H2/b12-5+,26-21+;. The fraction of sp³-hybridized carbons (Fsp3) is 0.200. The van der Waals surface area contributed by atoms with Crippen molar-refractivity contribution in [1.29, 1.82) is 0 Å². The summed E-state index contributed by atoms with van der Waals surface area (Å²) < 4.78 is 13.7. The summed E-state index contributed by atoms with van der Waals surface area (Å²) in [5, 5.41) is 21.4. The maximum Gasteiger partial charge on any atom is 0.124 e. The van der Waals surface area contributed by atoms with Gasteiger partial charge >= 0.3 is 0 Å². The van der Waals surface area contributed by atoms with Gasteiger partial charge in [0, 0.05) is 18.2 Å². The Kier molecular flexibility index (Phi) is 8.88. The number of quaternary nitrogens is 1. The topological polar surface area (TPSA) is 85.4 Å². The number of aromatic nitrogens is 2. The second-order valence-electron chi connectivity index (χ2n) is 8.85. The summed E-state index contributed by atoms with van der Waals surface area (Å²) in [4.78, 5) is 10.7. The van der Waals surface area contributed by atoms with E-state index in [4.69, 9.17) is 11.6 Å². The Bertz CT molecular complexity index is 1430. The lowest BCUT2D eigenvalue weighted by Gasteiger charge is -2.18. The van der Waals surface area contributed by atoms with Gasteiger partial charge in [0.2, 0.25) is 0 Å². The number of fused-ring (bicyclic) bond motifs is 1. The second kappa shape index (κ2) is 12.5. The zero-order valence-electron chi connectivity index (χ0n) is 20.6. The van der Waals surface area contributed by atoms with Crippen molar-refractivity contribution >= 4 is 45.7 Å². The van der Waals surface area contributed by atoms with Crippen molar-refractivity contribution in [1.82, 2.24) is 10.2 Å². The van der Waals surface area contributed by atoms with Crippen LogP contribution in [-0.2, 0) is 4.79 Å². The molecule has 37 heavy (non-hydrogen) atoms. The third-order valence-electron chi connectivity index (χ3n) is 6.32. The van der Waals surface area contributed by atoms with Crippen LogP contribution in [0, 0.1) is 5.82 Å². The SMILES string of the molecule is C1CC[NH2+]C1.CC/C(=C(/c1ccc(/C=C/C(=O)[O-])cc1)c1ccc2[nH]ncc2c1)c1ccc(F)cc1Cl. The second-order valence-corrected chi connectivity index (χ2v) is 9.26. The molecule has 190 valence electrons. The van der Waals surface area contributed by atoms with E-state index in [0.29, 0.717) is 11.4 Å². The fourth-order valence-electron chi connectivity index (χ4n) is 4.50. The Morgan fingerprint density at radius 2 is 1.81 bits per heavy atom. The van der Waals surface area contributed by atoms with Crippen LogP contribution in [0.25, 0.3) is 28.1 Å². The molecule has 1 fully saturated rings. The molecule has 0 atom stereocenters. The number of nitrogens with two attached hydrogens (primary N) is 1. The van der Waals surface area contributed by atoms with Crippen LogP contribution in [0.3, 0.4) is 0 Å². The van der Waals surface area contributed by atoms with Gasteiger partial charge in [-0.1, -0.05) is 61.0 Å². The van der Waals surface area contributed by atoms with E-state index in [0.717, 1.165) is 50.4 Å². The number of carboxylic acid groups (broad SMARTS) is 1. The zero-order valence-corrected chi connectivity index (χ0v) is 21.4. The molecule has 5 rings (SSSR count). The molecule has 0 aliphatic carbocycles. The molecular weight excluding hydrogens is 489 g/mol. The zero-order chi connectivity index (χ0) is 26.2. The Labute approximate surface area is 220 Å². The van der Waals surface area contributed by atoms with Crippen LogP contribution in [-0.4, -0.2) is 29.3 Å². The number of halogens is 2. The maximum atomic E-state index is 13.7. The lowest BCUT2D eigenvalue weighted by Crippen LogP contribution is -2.80. The molecule has 7 heteroatoms. The number of carbonyl (C=O) groups is 1. The lowest BCUT2D eigenvalue weighted by atomic mass is 9.87. The van der Waals surface area contributed by atoms with Crippen molar-refractivity contribution in [2.24, 2.45) is 0 Å². The van der Waals surface area contributed by atoms with E-state index in [9.17, 15) is 14.3 Å². The number of hydrogen-bond acceptors (Lipinski definition) is 3. The number of aliphatic carboxylic acids is 1. The molecule has 1 aliphatic heterocycles. The van der Waals surface area contributed by atoms with Gasteiger partial charge in [0.25, 0.3) is 0 Å². The van der Waals surface area contributed by atoms with Crippen molar-refractivity contribution in [2.45, 2.75) is 26.2 Å². The van der Waals surface area contributed by atoms with E-state index in [1.54, 1.807) is 12.3 Å². The summed E-state index contributed by atoms with van der Waals surface area (Å²) in [6.07, 6.45) is 7.79. The molecule has 4 aromatic rings. The van der Waals surface area contributed by atoms with Gasteiger partial charge in [-0.25, -0.2) is 4.39 Å². The smallest absolute Gasteiger partial charge is 0.124 e. The van der Waals surface area contributed by atoms with Crippen LogP contribution in [0.1, 0.15) is 48.4 Å². The maximum absolute atomic E-state index is 13.7. The molecule has 3 N–H and O–H groups in total. The first-order valence-corrected chi connectivity index (χ1v) is 12.8. The van der Waals surface area contributed by atoms with Crippen LogP contribution in [0.5, 0.6) is 0 Å². The molecule has 0 amide bonds. The normalized spacial score (nSPS) is 13.9. The van der Waals surface area contributed by atoms with E-state index in [1.807, 2.05) is 49.4 Å². The average molecular weight is 518 g/mol. The van der Waals surface area contributed by atoms with E-state index >= 15 is 0 Å². The first-order chi connectivity index (χ1) is 18.0. The number of allylic oxidation sites excluding steroid dienone is 1. The van der Waals surface area contributed by atoms with E-state index in [-0.39, 0.29) is 5.82 Å². The molecule has 0 radical (unpaired) electrons. The van der Waals surface area contributed by atoms with Gasteiger partial charge in [-0.05, 0) is 70.2 Å². The van der Waals surface area contributed by atoms with Gasteiger partial charge in [0.15, 0.2) is 0 Å². The number of aromatic amines is 1. The Morgan fingerprint density at radius 3 is 2.43 bits per heavy atom. The van der Waals surface area contributed by atoms with Crippen LogP contribution in [0.2, 0.25) is 5.02 Å². The Morgan fingerprint density at radius 1 is 1.08 bits per heavy atom. The monoisotopic (exact) mass is 517 g/mol. The fourth-order valence-corrected chi connectivity index (χ4v) is 4.78. The quantitative estimate of drug-likeness (QED) is 0.284. The van der Waals surface area contributed by atoms with Gasteiger partial charge in [-0.2, -0.15) is 5.10 Å². The molecular formula is C30H29ClFN3O2. The third kappa shape index (κ3) is 6.73. The van der Waals surface area contributed by atoms with Crippen LogP contribution < -0.4 is 10.4 Å². The van der Waals surface area contributed by atoms with Gasteiger partial charge in [-0.15, -0.1) is 0 Å². The Balaban J connectivity index is 0.000000572. The summed E-state index contributed by atoms with van der Waals surface area (Å²) in [6.45, 7) is 4.78. The molecule has 1 saturated heterocycles. The third-order valence-corrected chi connectivity index (χ3v) is 6.63.